The summed E-state index contributed by atoms with van der Waals surface area (Å²) >= 11 is 0. The highest BCUT2D eigenvalue weighted by Crippen LogP contribution is 2.07. The van der Waals surface area contributed by atoms with Crippen LogP contribution in [-0.2, 0) is 0 Å². The highest BCUT2D eigenvalue weighted by molar-refractivity contribution is 4.65. The largest absolute Gasteiger partial charge is 0.303 e. The topological polar surface area (TPSA) is 15.3 Å². The zero-order valence-corrected chi connectivity index (χ0v) is 9.73. The molecule has 0 aliphatic carbocycles. The van der Waals surface area contributed by atoms with E-state index in [1.807, 2.05) is 0 Å². The molecule has 0 spiro atoms. The summed E-state index contributed by atoms with van der Waals surface area (Å²) < 4.78 is 0. The lowest BCUT2D eigenvalue weighted by Crippen LogP contribution is -2.22. The van der Waals surface area contributed by atoms with Gasteiger partial charge in [-0.3, -0.25) is 4.90 Å². The van der Waals surface area contributed by atoms with Gasteiger partial charge in [-0.15, -0.1) is 0 Å². The van der Waals surface area contributed by atoms with Gasteiger partial charge >= 0.3 is 0 Å². The molecule has 0 saturated carbocycles. The molecule has 1 heterocycles. The van der Waals surface area contributed by atoms with Crippen molar-refractivity contribution in [1.29, 1.82) is 0 Å². The second-order valence-electron chi connectivity index (χ2n) is 4.40. The molecule has 0 radical (unpaired) electrons. The van der Waals surface area contributed by atoms with Crippen LogP contribution in [-0.4, -0.2) is 31.2 Å². The molecule has 1 saturated heterocycles. The summed E-state index contributed by atoms with van der Waals surface area (Å²) in [5, 5.41) is 3.37. The summed E-state index contributed by atoms with van der Waals surface area (Å²) in [7, 11) is 0. The van der Waals surface area contributed by atoms with Crippen molar-refractivity contribution in [3.05, 3.63) is 0 Å². The molecule has 0 bridgehead atoms. The van der Waals surface area contributed by atoms with Crippen LogP contribution in [0.4, 0.5) is 0 Å². The summed E-state index contributed by atoms with van der Waals surface area (Å²) in [6.45, 7) is 7.16. The van der Waals surface area contributed by atoms with Crippen LogP contribution in [0.5, 0.6) is 0 Å². The van der Waals surface area contributed by atoms with E-state index in [4.69, 9.17) is 0 Å². The second kappa shape index (κ2) is 8.25. The first kappa shape index (κ1) is 12.0. The minimum absolute atomic E-state index is 1.12. The number of unbranched alkanes of at least 4 members (excludes halogenated alkanes) is 6. The predicted molar refractivity (Wildman–Crippen MR) is 62.4 cm³/mol. The number of hydrogen-bond acceptors (Lipinski definition) is 2. The fourth-order valence-corrected chi connectivity index (χ4v) is 2.04. The summed E-state index contributed by atoms with van der Waals surface area (Å²) in [6.07, 6.45) is 9.96. The molecule has 0 unspecified atom stereocenters. The van der Waals surface area contributed by atoms with Crippen LogP contribution in [0.2, 0.25) is 0 Å². The Kier molecular flexibility index (Phi) is 7.06. The lowest BCUT2D eigenvalue weighted by molar-refractivity contribution is 0.324. The van der Waals surface area contributed by atoms with Crippen LogP contribution in [0.15, 0.2) is 0 Å². The summed E-state index contributed by atoms with van der Waals surface area (Å²) in [6, 6.07) is 0. The smallest absolute Gasteiger partial charge is 0.0481 e. The molecule has 2 nitrogen and oxygen atoms in total. The van der Waals surface area contributed by atoms with Gasteiger partial charge in [0.15, 0.2) is 0 Å². The van der Waals surface area contributed by atoms with Crippen molar-refractivity contribution >= 4 is 0 Å². The highest BCUT2D eigenvalue weighted by atomic mass is 15.3. The number of nitrogens with zero attached hydrogens (tertiary/aromatic N) is 1. The summed E-state index contributed by atoms with van der Waals surface area (Å²) in [5.41, 5.74) is 0. The minimum atomic E-state index is 1.12. The minimum Gasteiger partial charge on any atom is -0.303 e. The molecule has 0 atom stereocenters. The van der Waals surface area contributed by atoms with E-state index in [0.29, 0.717) is 0 Å². The van der Waals surface area contributed by atoms with E-state index < -0.39 is 0 Å². The van der Waals surface area contributed by atoms with Crippen molar-refractivity contribution in [1.82, 2.24) is 10.2 Å². The van der Waals surface area contributed by atoms with Crippen LogP contribution in [0.25, 0.3) is 0 Å². The zero-order chi connectivity index (χ0) is 10.1. The first-order valence-electron chi connectivity index (χ1n) is 6.36. The lowest BCUT2D eigenvalue weighted by atomic mass is 10.1. The van der Waals surface area contributed by atoms with Crippen molar-refractivity contribution in [3.8, 4) is 0 Å². The molecule has 0 aromatic carbocycles. The van der Waals surface area contributed by atoms with E-state index in [0.717, 1.165) is 6.67 Å². The summed E-state index contributed by atoms with van der Waals surface area (Å²) in [5.74, 6) is 0. The van der Waals surface area contributed by atoms with E-state index in [2.05, 4.69) is 17.1 Å². The first-order chi connectivity index (χ1) is 6.93. The Labute approximate surface area is 89.1 Å². The molecular formula is C12H26N2. The van der Waals surface area contributed by atoms with Gasteiger partial charge in [0.25, 0.3) is 0 Å². The van der Waals surface area contributed by atoms with E-state index in [-0.39, 0.29) is 0 Å². The highest BCUT2D eigenvalue weighted by Gasteiger charge is 2.08. The molecule has 1 fully saturated rings. The Balaban J connectivity index is 1.75. The third kappa shape index (κ3) is 5.61. The van der Waals surface area contributed by atoms with Crippen LogP contribution >= 0.6 is 0 Å². The van der Waals surface area contributed by atoms with Crippen molar-refractivity contribution in [2.45, 2.75) is 51.9 Å². The predicted octanol–water partition coefficient (Wildman–Crippen LogP) is 2.60. The molecular weight excluding hydrogens is 172 g/mol. The van der Waals surface area contributed by atoms with Crippen LogP contribution < -0.4 is 5.32 Å². The van der Waals surface area contributed by atoms with E-state index >= 15 is 0 Å². The molecule has 0 aromatic rings. The SMILES string of the molecule is CCCCCCCCCN1CCNC1. The van der Waals surface area contributed by atoms with Gasteiger partial charge in [0.2, 0.25) is 0 Å². The van der Waals surface area contributed by atoms with Crippen LogP contribution in [0.3, 0.4) is 0 Å². The van der Waals surface area contributed by atoms with Crippen LogP contribution in [0, 0.1) is 0 Å². The Morgan fingerprint density at radius 3 is 2.36 bits per heavy atom. The quantitative estimate of drug-likeness (QED) is 0.603. The first-order valence-corrected chi connectivity index (χ1v) is 6.36. The van der Waals surface area contributed by atoms with Crippen molar-refractivity contribution < 1.29 is 0 Å². The third-order valence-electron chi connectivity index (χ3n) is 3.02. The lowest BCUT2D eigenvalue weighted by Gasteiger charge is -2.12. The van der Waals surface area contributed by atoms with Crippen molar-refractivity contribution in [2.75, 3.05) is 26.3 Å². The number of rotatable bonds is 8. The van der Waals surface area contributed by atoms with Gasteiger partial charge in [-0.1, -0.05) is 45.4 Å². The maximum Gasteiger partial charge on any atom is 0.0481 e. The van der Waals surface area contributed by atoms with E-state index in [1.54, 1.807) is 0 Å². The molecule has 1 N–H and O–H groups in total. The summed E-state index contributed by atoms with van der Waals surface area (Å²) in [4.78, 5) is 2.52. The molecule has 1 rings (SSSR count). The monoisotopic (exact) mass is 198 g/mol. The Bertz CT molecular complexity index is 119. The molecule has 14 heavy (non-hydrogen) atoms. The van der Waals surface area contributed by atoms with Gasteiger partial charge in [-0.2, -0.15) is 0 Å². The van der Waals surface area contributed by atoms with Gasteiger partial charge in [-0.25, -0.2) is 0 Å². The van der Waals surface area contributed by atoms with Crippen molar-refractivity contribution in [2.24, 2.45) is 0 Å². The molecule has 0 aromatic heterocycles. The Hall–Kier alpha value is -0.0800. The van der Waals surface area contributed by atoms with Gasteiger partial charge in [0.05, 0.1) is 0 Å². The molecule has 1 aliphatic rings. The third-order valence-corrected chi connectivity index (χ3v) is 3.02. The fraction of sp³-hybridized carbons (Fsp3) is 1.00. The van der Waals surface area contributed by atoms with Crippen LogP contribution in [0.1, 0.15) is 51.9 Å². The maximum absolute atomic E-state index is 3.37. The molecule has 2 heteroatoms. The average molecular weight is 198 g/mol. The maximum atomic E-state index is 3.37. The van der Waals surface area contributed by atoms with Gasteiger partial charge < -0.3 is 5.32 Å². The van der Waals surface area contributed by atoms with Crippen molar-refractivity contribution in [3.63, 3.8) is 0 Å². The molecule has 0 amide bonds. The second-order valence-corrected chi connectivity index (χ2v) is 4.40. The van der Waals surface area contributed by atoms with Gasteiger partial charge in [-0.05, 0) is 13.0 Å². The normalized spacial score (nSPS) is 17.8. The van der Waals surface area contributed by atoms with E-state index in [9.17, 15) is 0 Å². The molecule has 84 valence electrons. The van der Waals surface area contributed by atoms with Gasteiger partial charge in [0, 0.05) is 19.8 Å². The zero-order valence-electron chi connectivity index (χ0n) is 9.73. The fourth-order valence-electron chi connectivity index (χ4n) is 2.04. The Morgan fingerprint density at radius 1 is 1.00 bits per heavy atom. The van der Waals surface area contributed by atoms with E-state index in [1.165, 1.54) is 64.6 Å². The number of hydrogen-bond donors (Lipinski definition) is 1. The standard InChI is InChI=1S/C12H26N2/c1-2-3-4-5-6-7-8-10-14-11-9-13-12-14/h13H,2-12H2,1H3. The Morgan fingerprint density at radius 2 is 1.71 bits per heavy atom. The van der Waals surface area contributed by atoms with Gasteiger partial charge in [0.1, 0.15) is 0 Å². The number of nitrogens with one attached hydrogen (secondary N) is 1. The average Bonchev–Trinajstić information content (AvgIpc) is 2.69. The molecule has 1 aliphatic heterocycles.